The second-order valence-electron chi connectivity index (χ2n) is 8.45. The van der Waals surface area contributed by atoms with Crippen LogP contribution in [0.15, 0.2) is 30.3 Å². The number of carbonyl (C=O) groups excluding carboxylic acids is 1. The SMILES string of the molecule is NC1CCCCC1CCNC1CCCCC1CC(=O)OCc1ccccc1. The first kappa shape index (κ1) is 20.3. The third-order valence-corrected chi connectivity index (χ3v) is 6.47. The molecule has 4 unspecified atom stereocenters. The zero-order chi connectivity index (χ0) is 18.9. The van der Waals surface area contributed by atoms with Gasteiger partial charge in [-0.25, -0.2) is 0 Å². The number of nitrogens with two attached hydrogens (primary N) is 1. The van der Waals surface area contributed by atoms with Crippen LogP contribution in [0.3, 0.4) is 0 Å². The van der Waals surface area contributed by atoms with E-state index in [1.165, 1.54) is 51.4 Å². The zero-order valence-corrected chi connectivity index (χ0v) is 16.6. The summed E-state index contributed by atoms with van der Waals surface area (Å²) in [5.41, 5.74) is 7.33. The Balaban J connectivity index is 1.40. The molecule has 1 aromatic rings. The van der Waals surface area contributed by atoms with E-state index in [9.17, 15) is 4.79 Å². The lowest BCUT2D eigenvalue weighted by Crippen LogP contribution is -2.42. The van der Waals surface area contributed by atoms with Crippen molar-refractivity contribution in [2.24, 2.45) is 17.6 Å². The number of rotatable bonds is 8. The van der Waals surface area contributed by atoms with E-state index in [4.69, 9.17) is 10.5 Å². The molecule has 1 aromatic carbocycles. The third kappa shape index (κ3) is 6.62. The molecule has 2 saturated carbocycles. The van der Waals surface area contributed by atoms with E-state index >= 15 is 0 Å². The van der Waals surface area contributed by atoms with Gasteiger partial charge in [0.2, 0.25) is 0 Å². The average Bonchev–Trinajstić information content (AvgIpc) is 2.70. The van der Waals surface area contributed by atoms with Gasteiger partial charge in [0.15, 0.2) is 0 Å². The summed E-state index contributed by atoms with van der Waals surface area (Å²) in [7, 11) is 0. The first-order valence-corrected chi connectivity index (χ1v) is 10.9. The van der Waals surface area contributed by atoms with Gasteiger partial charge in [0.05, 0.1) is 0 Å². The van der Waals surface area contributed by atoms with Gasteiger partial charge in [-0.15, -0.1) is 0 Å². The summed E-state index contributed by atoms with van der Waals surface area (Å²) in [6.07, 6.45) is 11.6. The quantitative estimate of drug-likeness (QED) is 0.672. The van der Waals surface area contributed by atoms with Crippen LogP contribution >= 0.6 is 0 Å². The average molecular weight is 373 g/mol. The van der Waals surface area contributed by atoms with E-state index in [0.717, 1.165) is 18.5 Å². The van der Waals surface area contributed by atoms with E-state index in [0.29, 0.717) is 36.9 Å². The second kappa shape index (κ2) is 10.8. The molecule has 2 aliphatic carbocycles. The first-order chi connectivity index (χ1) is 13.2. The molecule has 4 nitrogen and oxygen atoms in total. The number of nitrogens with one attached hydrogen (secondary N) is 1. The maximum Gasteiger partial charge on any atom is 0.306 e. The Labute approximate surface area is 164 Å². The largest absolute Gasteiger partial charge is 0.461 e. The number of carbonyl (C=O) groups is 1. The summed E-state index contributed by atoms with van der Waals surface area (Å²) in [5.74, 6) is 1.01. The fourth-order valence-corrected chi connectivity index (χ4v) is 4.78. The molecule has 4 heteroatoms. The van der Waals surface area contributed by atoms with E-state index in [1.54, 1.807) is 0 Å². The van der Waals surface area contributed by atoms with Gasteiger partial charge in [-0.1, -0.05) is 56.0 Å². The van der Waals surface area contributed by atoms with Crippen molar-refractivity contribution in [3.63, 3.8) is 0 Å². The summed E-state index contributed by atoms with van der Waals surface area (Å²) in [6, 6.07) is 10.7. The molecule has 0 radical (unpaired) electrons. The van der Waals surface area contributed by atoms with Crippen molar-refractivity contribution in [2.75, 3.05) is 6.54 Å². The maximum atomic E-state index is 12.3. The standard InChI is InChI=1S/C23H36N2O2/c24-21-12-6-4-10-19(21)14-15-25-22-13-7-5-11-20(22)16-23(26)27-17-18-8-2-1-3-9-18/h1-3,8-9,19-22,25H,4-7,10-17,24H2. The number of esters is 1. The van der Waals surface area contributed by atoms with Crippen molar-refractivity contribution in [1.29, 1.82) is 0 Å². The molecule has 3 rings (SSSR count). The first-order valence-electron chi connectivity index (χ1n) is 10.9. The minimum Gasteiger partial charge on any atom is -0.461 e. The molecule has 3 N–H and O–H groups in total. The Kier molecular flexibility index (Phi) is 8.15. The Morgan fingerprint density at radius 3 is 2.48 bits per heavy atom. The van der Waals surface area contributed by atoms with Crippen LogP contribution in [0, 0.1) is 11.8 Å². The summed E-state index contributed by atoms with van der Waals surface area (Å²) >= 11 is 0. The maximum absolute atomic E-state index is 12.3. The van der Waals surface area contributed by atoms with Crippen molar-refractivity contribution in [1.82, 2.24) is 5.32 Å². The van der Waals surface area contributed by atoms with Crippen LogP contribution in [0.5, 0.6) is 0 Å². The Hall–Kier alpha value is -1.39. The van der Waals surface area contributed by atoms with E-state index in [-0.39, 0.29) is 5.97 Å². The minimum atomic E-state index is -0.0631. The molecule has 0 aliphatic heterocycles. The molecule has 0 bridgehead atoms. The van der Waals surface area contributed by atoms with Crippen molar-refractivity contribution < 1.29 is 9.53 Å². The zero-order valence-electron chi connectivity index (χ0n) is 16.6. The van der Waals surface area contributed by atoms with Crippen molar-refractivity contribution in [3.05, 3.63) is 35.9 Å². The molecule has 150 valence electrons. The van der Waals surface area contributed by atoms with Crippen LogP contribution in [0.1, 0.15) is 69.8 Å². The monoisotopic (exact) mass is 372 g/mol. The second-order valence-corrected chi connectivity index (χ2v) is 8.45. The van der Waals surface area contributed by atoms with Gasteiger partial charge < -0.3 is 15.8 Å². The van der Waals surface area contributed by atoms with Gasteiger partial charge in [-0.2, -0.15) is 0 Å². The molecule has 2 fully saturated rings. The predicted octanol–water partition coefficient (Wildman–Crippen LogP) is 4.18. The topological polar surface area (TPSA) is 64.3 Å². The van der Waals surface area contributed by atoms with Crippen LogP contribution in [-0.2, 0) is 16.1 Å². The molecule has 0 aromatic heterocycles. The molecular formula is C23H36N2O2. The molecule has 0 saturated heterocycles. The number of ether oxygens (including phenoxy) is 1. The highest BCUT2D eigenvalue weighted by Gasteiger charge is 2.28. The highest BCUT2D eigenvalue weighted by Crippen LogP contribution is 2.29. The summed E-state index contributed by atoms with van der Waals surface area (Å²) < 4.78 is 5.51. The Bertz CT molecular complexity index is 563. The predicted molar refractivity (Wildman–Crippen MR) is 109 cm³/mol. The summed E-state index contributed by atoms with van der Waals surface area (Å²) in [4.78, 5) is 12.3. The molecule has 4 atom stereocenters. The smallest absolute Gasteiger partial charge is 0.306 e. The summed E-state index contributed by atoms with van der Waals surface area (Å²) in [5, 5.41) is 3.76. The van der Waals surface area contributed by atoms with Crippen LogP contribution in [-0.4, -0.2) is 24.6 Å². The van der Waals surface area contributed by atoms with Gasteiger partial charge in [0, 0.05) is 18.5 Å². The van der Waals surface area contributed by atoms with Crippen LogP contribution in [0.2, 0.25) is 0 Å². The lowest BCUT2D eigenvalue weighted by atomic mass is 9.81. The van der Waals surface area contributed by atoms with Gasteiger partial charge >= 0.3 is 5.97 Å². The fraction of sp³-hybridized carbons (Fsp3) is 0.696. The third-order valence-electron chi connectivity index (χ3n) is 6.47. The van der Waals surface area contributed by atoms with Gasteiger partial charge in [0.25, 0.3) is 0 Å². The van der Waals surface area contributed by atoms with Gasteiger partial charge in [-0.3, -0.25) is 4.79 Å². The Morgan fingerprint density at radius 1 is 1.00 bits per heavy atom. The Morgan fingerprint density at radius 2 is 1.70 bits per heavy atom. The number of hydrogen-bond acceptors (Lipinski definition) is 4. The highest BCUT2D eigenvalue weighted by atomic mass is 16.5. The van der Waals surface area contributed by atoms with Gasteiger partial charge in [-0.05, 0) is 56.0 Å². The van der Waals surface area contributed by atoms with Crippen molar-refractivity contribution in [2.45, 2.75) is 82.9 Å². The molecule has 0 heterocycles. The van der Waals surface area contributed by atoms with Crippen LogP contribution in [0.4, 0.5) is 0 Å². The highest BCUT2D eigenvalue weighted by molar-refractivity contribution is 5.69. The molecule has 2 aliphatic rings. The van der Waals surface area contributed by atoms with Crippen LogP contribution < -0.4 is 11.1 Å². The molecule has 0 amide bonds. The number of benzene rings is 1. The summed E-state index contributed by atoms with van der Waals surface area (Å²) in [6.45, 7) is 1.41. The van der Waals surface area contributed by atoms with E-state index in [2.05, 4.69) is 5.32 Å². The molecular weight excluding hydrogens is 336 g/mol. The van der Waals surface area contributed by atoms with Crippen LogP contribution in [0.25, 0.3) is 0 Å². The van der Waals surface area contributed by atoms with Crippen molar-refractivity contribution >= 4 is 5.97 Å². The fourth-order valence-electron chi connectivity index (χ4n) is 4.78. The van der Waals surface area contributed by atoms with Crippen molar-refractivity contribution in [3.8, 4) is 0 Å². The minimum absolute atomic E-state index is 0.0631. The van der Waals surface area contributed by atoms with E-state index < -0.39 is 0 Å². The molecule has 27 heavy (non-hydrogen) atoms. The molecule has 0 spiro atoms. The lowest BCUT2D eigenvalue weighted by molar-refractivity contribution is -0.146. The van der Waals surface area contributed by atoms with E-state index in [1.807, 2.05) is 30.3 Å². The normalized spacial score (nSPS) is 28.6. The number of hydrogen-bond donors (Lipinski definition) is 2. The lowest BCUT2D eigenvalue weighted by Gasteiger charge is -2.33. The van der Waals surface area contributed by atoms with Gasteiger partial charge in [0.1, 0.15) is 6.61 Å².